The Labute approximate surface area is 275 Å². The molecule has 0 saturated heterocycles. The highest BCUT2D eigenvalue weighted by Gasteiger charge is 2.22. The summed E-state index contributed by atoms with van der Waals surface area (Å²) in [6.45, 7) is 10.5. The van der Waals surface area contributed by atoms with Crippen LogP contribution in [0.3, 0.4) is 0 Å². The minimum absolute atomic E-state index is 0.123. The fourth-order valence-corrected chi connectivity index (χ4v) is 5.79. The summed E-state index contributed by atoms with van der Waals surface area (Å²) in [6, 6.07) is 12.7. The van der Waals surface area contributed by atoms with Crippen LogP contribution in [0.5, 0.6) is 0 Å². The Morgan fingerprint density at radius 1 is 0.875 bits per heavy atom. The molecule has 0 atom stereocenters. The SMILES string of the molecule is CCc1nc(C)oc1C(=O)Nc1nc2cc(C(N)=O)cc(C)c2n1CC=CCn1c(NC(=O)c2cc(C)nn2CC)nc2ccccc21. The highest BCUT2D eigenvalue weighted by Crippen LogP contribution is 2.26. The molecular formula is C34H36N10O4. The summed E-state index contributed by atoms with van der Waals surface area (Å²) in [4.78, 5) is 52.3. The highest BCUT2D eigenvalue weighted by atomic mass is 16.4. The Bertz CT molecular complexity index is 2230. The number of nitrogens with one attached hydrogen (secondary N) is 2. The van der Waals surface area contributed by atoms with Crippen LogP contribution in [0, 0.1) is 20.8 Å². The van der Waals surface area contributed by atoms with E-state index in [9.17, 15) is 14.4 Å². The van der Waals surface area contributed by atoms with Gasteiger partial charge in [0.15, 0.2) is 5.89 Å². The lowest BCUT2D eigenvalue weighted by atomic mass is 10.1. The number of aromatic nitrogens is 7. The molecule has 0 unspecified atom stereocenters. The van der Waals surface area contributed by atoms with Gasteiger partial charge >= 0.3 is 0 Å². The molecule has 0 aliphatic carbocycles. The minimum atomic E-state index is -0.575. The Morgan fingerprint density at radius 2 is 1.56 bits per heavy atom. The molecule has 14 nitrogen and oxygen atoms in total. The van der Waals surface area contributed by atoms with E-state index in [-0.39, 0.29) is 17.6 Å². The molecule has 0 bridgehead atoms. The standard InChI is InChI=1S/C34H36N10O4/c1-6-23-29(48-21(5)36-23)32(47)40-34-38-25-18-22(30(35)45)16-19(3)28(25)43(34)15-11-10-14-42-26-13-9-8-12-24(26)37-33(42)39-31(46)27-17-20(4)41-44(27)7-2/h8-13,16-18H,6-7,14-15H2,1-5H3,(H2,35,45)(H,37,39,46)(H,38,40,47). The number of imidazole rings is 2. The molecule has 4 aromatic heterocycles. The maximum Gasteiger partial charge on any atom is 0.295 e. The molecule has 3 amide bonds. The van der Waals surface area contributed by atoms with E-state index in [0.29, 0.717) is 60.4 Å². The van der Waals surface area contributed by atoms with Crippen molar-refractivity contribution in [2.75, 3.05) is 10.6 Å². The second-order valence-corrected chi connectivity index (χ2v) is 11.3. The molecule has 0 saturated carbocycles. The third-order valence-corrected chi connectivity index (χ3v) is 7.94. The molecule has 48 heavy (non-hydrogen) atoms. The van der Waals surface area contributed by atoms with Crippen molar-refractivity contribution in [1.29, 1.82) is 0 Å². The summed E-state index contributed by atoms with van der Waals surface area (Å²) >= 11 is 0. The van der Waals surface area contributed by atoms with Crippen LogP contribution in [-0.4, -0.2) is 51.6 Å². The third kappa shape index (κ3) is 6.07. The van der Waals surface area contributed by atoms with Gasteiger partial charge in [-0.15, -0.1) is 0 Å². The molecule has 0 spiro atoms. The van der Waals surface area contributed by atoms with Crippen LogP contribution in [0.1, 0.15) is 68.1 Å². The van der Waals surface area contributed by atoms with Gasteiger partial charge in [0.2, 0.25) is 23.6 Å². The predicted octanol–water partition coefficient (Wildman–Crippen LogP) is 4.94. The lowest BCUT2D eigenvalue weighted by Crippen LogP contribution is -2.19. The number of benzene rings is 2. The Hall–Kier alpha value is -6.05. The van der Waals surface area contributed by atoms with Gasteiger partial charge in [-0.25, -0.2) is 15.0 Å². The quantitative estimate of drug-likeness (QED) is 0.165. The molecule has 14 heteroatoms. The zero-order valence-electron chi connectivity index (χ0n) is 27.4. The number of rotatable bonds is 11. The van der Waals surface area contributed by atoms with E-state index in [2.05, 4.69) is 30.7 Å². The Kier molecular flexibility index (Phi) is 8.63. The van der Waals surface area contributed by atoms with Gasteiger partial charge in [-0.05, 0) is 63.1 Å². The minimum Gasteiger partial charge on any atom is -0.436 e. The third-order valence-electron chi connectivity index (χ3n) is 7.94. The molecule has 6 rings (SSSR count). The van der Waals surface area contributed by atoms with Crippen molar-refractivity contribution in [2.45, 2.75) is 60.7 Å². The summed E-state index contributed by atoms with van der Waals surface area (Å²) < 4.78 is 11.0. The number of hydrogen-bond donors (Lipinski definition) is 3. The Balaban J connectivity index is 1.31. The number of fused-ring (bicyclic) bond motifs is 2. The van der Waals surface area contributed by atoms with Crippen LogP contribution in [0.25, 0.3) is 22.1 Å². The summed E-state index contributed by atoms with van der Waals surface area (Å²) in [5, 5.41) is 10.2. The average molecular weight is 649 g/mol. The predicted molar refractivity (Wildman–Crippen MR) is 181 cm³/mol. The first-order valence-corrected chi connectivity index (χ1v) is 15.6. The van der Waals surface area contributed by atoms with E-state index < -0.39 is 11.8 Å². The van der Waals surface area contributed by atoms with E-state index in [1.807, 2.05) is 73.2 Å². The number of nitrogens with two attached hydrogens (primary N) is 1. The van der Waals surface area contributed by atoms with E-state index in [1.165, 1.54) is 0 Å². The smallest absolute Gasteiger partial charge is 0.295 e. The van der Waals surface area contributed by atoms with Crippen LogP contribution >= 0.6 is 0 Å². The molecular weight excluding hydrogens is 612 g/mol. The molecule has 246 valence electrons. The first-order chi connectivity index (χ1) is 23.1. The first-order valence-electron chi connectivity index (χ1n) is 15.6. The first kappa shape index (κ1) is 31.9. The number of aryl methyl sites for hydroxylation is 5. The number of anilines is 2. The summed E-state index contributed by atoms with van der Waals surface area (Å²) in [7, 11) is 0. The normalized spacial score (nSPS) is 11.6. The van der Waals surface area contributed by atoms with Gasteiger partial charge < -0.3 is 19.3 Å². The molecule has 6 aromatic rings. The average Bonchev–Trinajstić information content (AvgIpc) is 3.81. The number of amides is 3. The topological polar surface area (TPSA) is 181 Å². The lowest BCUT2D eigenvalue weighted by Gasteiger charge is -2.10. The van der Waals surface area contributed by atoms with Crippen molar-refractivity contribution in [3.63, 3.8) is 0 Å². The maximum absolute atomic E-state index is 13.3. The van der Waals surface area contributed by atoms with E-state index in [4.69, 9.17) is 10.2 Å². The van der Waals surface area contributed by atoms with Crippen molar-refractivity contribution in [3.05, 3.63) is 94.5 Å². The summed E-state index contributed by atoms with van der Waals surface area (Å²) in [5.74, 6) is -0.175. The molecule has 0 fully saturated rings. The van der Waals surface area contributed by atoms with Gasteiger partial charge in [-0.3, -0.25) is 29.7 Å². The fourth-order valence-electron chi connectivity index (χ4n) is 5.79. The van der Waals surface area contributed by atoms with Crippen LogP contribution in [0.15, 0.2) is 59.0 Å². The molecule has 0 aliphatic rings. The van der Waals surface area contributed by atoms with Crippen molar-refractivity contribution >= 4 is 51.7 Å². The number of allylic oxidation sites excluding steroid dienone is 2. The summed E-state index contributed by atoms with van der Waals surface area (Å²) in [6.07, 6.45) is 4.40. The molecule has 4 heterocycles. The largest absolute Gasteiger partial charge is 0.436 e. The number of primary amides is 1. The van der Waals surface area contributed by atoms with Gasteiger partial charge in [0.1, 0.15) is 5.69 Å². The van der Waals surface area contributed by atoms with Gasteiger partial charge in [-0.1, -0.05) is 31.2 Å². The highest BCUT2D eigenvalue weighted by molar-refractivity contribution is 6.04. The van der Waals surface area contributed by atoms with E-state index >= 15 is 0 Å². The maximum atomic E-state index is 13.3. The fraction of sp³-hybridized carbons (Fsp3) is 0.265. The van der Waals surface area contributed by atoms with Gasteiger partial charge in [-0.2, -0.15) is 5.10 Å². The van der Waals surface area contributed by atoms with Gasteiger partial charge in [0.25, 0.3) is 11.8 Å². The lowest BCUT2D eigenvalue weighted by molar-refractivity contribution is 0.0987. The van der Waals surface area contributed by atoms with Gasteiger partial charge in [0.05, 0.1) is 33.5 Å². The zero-order chi connectivity index (χ0) is 34.1. The monoisotopic (exact) mass is 648 g/mol. The van der Waals surface area contributed by atoms with Crippen molar-refractivity contribution in [1.82, 2.24) is 33.9 Å². The number of hydrogen-bond acceptors (Lipinski definition) is 8. The molecule has 2 aromatic carbocycles. The zero-order valence-corrected chi connectivity index (χ0v) is 27.4. The van der Waals surface area contributed by atoms with Crippen molar-refractivity contribution in [3.8, 4) is 0 Å². The molecule has 0 radical (unpaired) electrons. The van der Waals surface area contributed by atoms with E-state index in [1.54, 1.807) is 29.8 Å². The second kappa shape index (κ2) is 13.0. The second-order valence-electron chi connectivity index (χ2n) is 11.3. The molecule has 4 N–H and O–H groups in total. The Morgan fingerprint density at radius 3 is 2.29 bits per heavy atom. The molecule has 0 aliphatic heterocycles. The summed E-state index contributed by atoms with van der Waals surface area (Å²) in [5.41, 5.74) is 11.2. The number of oxazole rings is 1. The van der Waals surface area contributed by atoms with Crippen molar-refractivity contribution < 1.29 is 18.8 Å². The number of carbonyl (C=O) groups excluding carboxylic acids is 3. The van der Waals surface area contributed by atoms with Gasteiger partial charge in [0, 0.05) is 32.1 Å². The van der Waals surface area contributed by atoms with Crippen LogP contribution < -0.4 is 16.4 Å². The number of para-hydroxylation sites is 2. The van der Waals surface area contributed by atoms with Crippen molar-refractivity contribution in [2.24, 2.45) is 5.73 Å². The van der Waals surface area contributed by atoms with E-state index in [0.717, 1.165) is 27.8 Å². The van der Waals surface area contributed by atoms with Crippen LogP contribution in [-0.2, 0) is 26.1 Å². The number of carbonyl (C=O) groups is 3. The number of nitrogens with zero attached hydrogens (tertiary/aromatic N) is 7. The van der Waals surface area contributed by atoms with Crippen LogP contribution in [0.2, 0.25) is 0 Å². The van der Waals surface area contributed by atoms with Crippen LogP contribution in [0.4, 0.5) is 11.9 Å².